The molecule has 0 aromatic heterocycles. The fourth-order valence-electron chi connectivity index (χ4n) is 4.83. The minimum atomic E-state index is -0.146. The first-order chi connectivity index (χ1) is 14.0. The Morgan fingerprint density at radius 3 is 2.55 bits per heavy atom. The van der Waals surface area contributed by atoms with Crippen LogP contribution in [0.3, 0.4) is 0 Å². The molecule has 29 heavy (non-hydrogen) atoms. The van der Waals surface area contributed by atoms with Crippen LogP contribution < -0.4 is 14.4 Å². The molecule has 1 aliphatic carbocycles. The Hall–Kier alpha value is -2.60. The molecule has 5 nitrogen and oxygen atoms in total. The molecular formula is C23H20BrNO4. The normalized spacial score (nSPS) is 23.7. The van der Waals surface area contributed by atoms with Crippen LogP contribution in [-0.4, -0.2) is 18.5 Å². The minimum absolute atomic E-state index is 0.0262. The van der Waals surface area contributed by atoms with Crippen molar-refractivity contribution in [1.82, 2.24) is 0 Å². The summed E-state index contributed by atoms with van der Waals surface area (Å²) in [4.78, 5) is 26.7. The first kappa shape index (κ1) is 18.4. The van der Waals surface area contributed by atoms with E-state index in [0.717, 1.165) is 27.7 Å². The lowest BCUT2D eigenvalue weighted by atomic mass is 9.75. The summed E-state index contributed by atoms with van der Waals surface area (Å²) in [6, 6.07) is 9.42. The van der Waals surface area contributed by atoms with Gasteiger partial charge in [0.1, 0.15) is 0 Å². The molecule has 148 valence electrons. The van der Waals surface area contributed by atoms with Crippen molar-refractivity contribution in [1.29, 1.82) is 0 Å². The van der Waals surface area contributed by atoms with Gasteiger partial charge in [-0.25, -0.2) is 0 Å². The molecule has 1 amide bonds. The van der Waals surface area contributed by atoms with E-state index >= 15 is 0 Å². The van der Waals surface area contributed by atoms with E-state index in [9.17, 15) is 9.59 Å². The van der Waals surface area contributed by atoms with E-state index < -0.39 is 0 Å². The molecular weight excluding hydrogens is 434 g/mol. The van der Waals surface area contributed by atoms with E-state index in [1.807, 2.05) is 35.2 Å². The summed E-state index contributed by atoms with van der Waals surface area (Å²) in [5, 5.41) is 0. The van der Waals surface area contributed by atoms with Crippen LogP contribution in [0.4, 0.5) is 5.69 Å². The molecule has 3 atom stereocenters. The van der Waals surface area contributed by atoms with Crippen molar-refractivity contribution in [3.8, 4) is 11.5 Å². The number of hydrogen-bond donors (Lipinski definition) is 0. The zero-order valence-electron chi connectivity index (χ0n) is 16.1. The number of carbonyl (C=O) groups excluding carboxylic acids is 2. The molecule has 2 aromatic carbocycles. The van der Waals surface area contributed by atoms with E-state index in [1.54, 1.807) is 13.8 Å². The summed E-state index contributed by atoms with van der Waals surface area (Å²) < 4.78 is 12.0. The maximum absolute atomic E-state index is 12.9. The van der Waals surface area contributed by atoms with Crippen LogP contribution in [0.2, 0.25) is 0 Å². The summed E-state index contributed by atoms with van der Waals surface area (Å²) in [5.74, 6) is 1.75. The summed E-state index contributed by atoms with van der Waals surface area (Å²) >= 11 is 3.69. The Morgan fingerprint density at radius 2 is 1.83 bits per heavy atom. The van der Waals surface area contributed by atoms with Crippen LogP contribution in [0.1, 0.15) is 53.7 Å². The van der Waals surface area contributed by atoms with E-state index in [4.69, 9.17) is 9.47 Å². The third kappa shape index (κ3) is 2.81. The average Bonchev–Trinajstić information content (AvgIpc) is 3.34. The van der Waals surface area contributed by atoms with Crippen LogP contribution in [0, 0.1) is 5.92 Å². The second kappa shape index (κ2) is 6.73. The Labute approximate surface area is 177 Å². The lowest BCUT2D eigenvalue weighted by Crippen LogP contribution is -2.42. The van der Waals surface area contributed by atoms with Gasteiger partial charge in [-0.05, 0) is 60.7 Å². The number of rotatable bonds is 2. The van der Waals surface area contributed by atoms with Crippen LogP contribution >= 0.6 is 15.9 Å². The number of allylic oxidation sites excluding steroid dienone is 2. The molecule has 0 fully saturated rings. The molecule has 5 rings (SSSR count). The third-order valence-corrected chi connectivity index (χ3v) is 6.79. The van der Waals surface area contributed by atoms with Gasteiger partial charge in [-0.1, -0.05) is 28.1 Å². The number of ketones is 1. The average molecular weight is 454 g/mol. The van der Waals surface area contributed by atoms with Crippen LogP contribution in [-0.2, 0) is 4.79 Å². The standard InChI is InChI=1S/C23H20BrNO4/c1-12(26)14-6-7-20-17(8-14)15-4-3-5-16(15)23(25(20)13(2)27)18-9-21-22(10-19(18)24)29-11-28-21/h3-4,6-10,15-16,23H,5,11H2,1-2H3. The number of benzene rings is 2. The SMILES string of the molecule is CC(=O)c1ccc2c(c1)C1C=CCC1C(c1cc3c(cc1Br)OCO3)N2C(C)=O. The quantitative estimate of drug-likeness (QED) is 0.466. The molecule has 6 heteroatoms. The third-order valence-electron chi connectivity index (χ3n) is 6.10. The monoisotopic (exact) mass is 453 g/mol. The number of halogens is 1. The number of ether oxygens (including phenoxy) is 2. The number of anilines is 1. The first-order valence-electron chi connectivity index (χ1n) is 9.66. The fourth-order valence-corrected chi connectivity index (χ4v) is 5.38. The molecule has 0 saturated carbocycles. The number of nitrogens with zero attached hydrogens (tertiary/aromatic N) is 1. The summed E-state index contributed by atoms with van der Waals surface area (Å²) in [6.45, 7) is 3.37. The van der Waals surface area contributed by atoms with Gasteiger partial charge in [-0.15, -0.1) is 0 Å². The van der Waals surface area contributed by atoms with Crippen molar-refractivity contribution in [2.75, 3.05) is 11.7 Å². The molecule has 2 aromatic rings. The maximum Gasteiger partial charge on any atom is 0.231 e. The van der Waals surface area contributed by atoms with Gasteiger partial charge in [-0.2, -0.15) is 0 Å². The topological polar surface area (TPSA) is 55.8 Å². The summed E-state index contributed by atoms with van der Waals surface area (Å²) in [5.41, 5.74) is 3.59. The van der Waals surface area contributed by atoms with Gasteiger partial charge < -0.3 is 14.4 Å². The van der Waals surface area contributed by atoms with E-state index in [0.29, 0.717) is 17.1 Å². The lowest BCUT2D eigenvalue weighted by molar-refractivity contribution is -0.117. The zero-order chi connectivity index (χ0) is 20.3. The first-order valence-corrected chi connectivity index (χ1v) is 10.5. The second-order valence-corrected chi connectivity index (χ2v) is 8.60. The highest BCUT2D eigenvalue weighted by molar-refractivity contribution is 9.10. The summed E-state index contributed by atoms with van der Waals surface area (Å²) in [6.07, 6.45) is 5.25. The van der Waals surface area contributed by atoms with Crippen molar-refractivity contribution in [3.63, 3.8) is 0 Å². The van der Waals surface area contributed by atoms with Crippen molar-refractivity contribution in [2.45, 2.75) is 32.2 Å². The van der Waals surface area contributed by atoms with Crippen LogP contribution in [0.25, 0.3) is 0 Å². The highest BCUT2D eigenvalue weighted by atomic mass is 79.9. The molecule has 0 N–H and O–H groups in total. The highest BCUT2D eigenvalue weighted by Gasteiger charge is 2.45. The smallest absolute Gasteiger partial charge is 0.231 e. The van der Waals surface area contributed by atoms with Gasteiger partial charge in [0.25, 0.3) is 0 Å². The largest absolute Gasteiger partial charge is 0.454 e. The Balaban J connectivity index is 1.71. The molecule has 0 radical (unpaired) electrons. The Kier molecular flexibility index (Phi) is 4.28. The predicted molar refractivity (Wildman–Crippen MR) is 113 cm³/mol. The number of carbonyl (C=O) groups is 2. The number of Topliss-reactive ketones (excluding diaryl/α,β-unsaturated/α-hetero) is 1. The van der Waals surface area contributed by atoms with Crippen molar-refractivity contribution in [3.05, 3.63) is 63.6 Å². The van der Waals surface area contributed by atoms with Gasteiger partial charge in [0.15, 0.2) is 17.3 Å². The molecule has 0 spiro atoms. The molecule has 2 heterocycles. The zero-order valence-corrected chi connectivity index (χ0v) is 17.7. The van der Waals surface area contributed by atoms with Gasteiger partial charge in [0.2, 0.25) is 12.7 Å². The predicted octanol–water partition coefficient (Wildman–Crippen LogP) is 5.15. The van der Waals surface area contributed by atoms with Gasteiger partial charge in [0.05, 0.1) is 6.04 Å². The Morgan fingerprint density at radius 1 is 1.07 bits per heavy atom. The van der Waals surface area contributed by atoms with Crippen molar-refractivity contribution in [2.24, 2.45) is 5.92 Å². The molecule has 0 saturated heterocycles. The highest BCUT2D eigenvalue weighted by Crippen LogP contribution is 2.55. The fraction of sp³-hybridized carbons (Fsp3) is 0.304. The van der Waals surface area contributed by atoms with Crippen LogP contribution in [0.15, 0.2) is 47.0 Å². The number of fused-ring (bicyclic) bond motifs is 4. The van der Waals surface area contributed by atoms with E-state index in [1.165, 1.54) is 0 Å². The minimum Gasteiger partial charge on any atom is -0.454 e. The van der Waals surface area contributed by atoms with Crippen molar-refractivity contribution >= 4 is 33.3 Å². The summed E-state index contributed by atoms with van der Waals surface area (Å²) in [7, 11) is 0. The second-order valence-electron chi connectivity index (χ2n) is 7.74. The van der Waals surface area contributed by atoms with E-state index in [2.05, 4.69) is 28.1 Å². The molecule has 3 unspecified atom stereocenters. The number of hydrogen-bond acceptors (Lipinski definition) is 4. The maximum atomic E-state index is 12.9. The van der Waals surface area contributed by atoms with Crippen LogP contribution in [0.5, 0.6) is 11.5 Å². The molecule has 2 aliphatic heterocycles. The Bertz CT molecular complexity index is 1080. The van der Waals surface area contributed by atoms with Gasteiger partial charge in [0, 0.05) is 28.6 Å². The van der Waals surface area contributed by atoms with Gasteiger partial charge in [-0.3, -0.25) is 9.59 Å². The van der Waals surface area contributed by atoms with Gasteiger partial charge >= 0.3 is 0 Å². The number of amides is 1. The lowest BCUT2D eigenvalue weighted by Gasteiger charge is -2.44. The molecule has 0 bridgehead atoms. The van der Waals surface area contributed by atoms with E-state index in [-0.39, 0.29) is 36.4 Å². The van der Waals surface area contributed by atoms with Crippen molar-refractivity contribution < 1.29 is 19.1 Å². The molecule has 3 aliphatic rings.